The van der Waals surface area contributed by atoms with Gasteiger partial charge >= 0.3 is 0 Å². The number of rotatable bonds is 5. The molecule has 3 heterocycles. The van der Waals surface area contributed by atoms with Crippen LogP contribution in [0.2, 0.25) is 0 Å². The number of hydrogen-bond acceptors (Lipinski definition) is 7. The maximum absolute atomic E-state index is 12.5. The zero-order valence-corrected chi connectivity index (χ0v) is 16.3. The molecule has 0 radical (unpaired) electrons. The highest BCUT2D eigenvalue weighted by Crippen LogP contribution is 2.42. The maximum Gasteiger partial charge on any atom is 0.259 e. The van der Waals surface area contributed by atoms with Gasteiger partial charge in [0.15, 0.2) is 0 Å². The first-order chi connectivity index (χ1) is 13.2. The fourth-order valence-electron chi connectivity index (χ4n) is 3.52. The highest BCUT2D eigenvalue weighted by Gasteiger charge is 2.27. The van der Waals surface area contributed by atoms with Gasteiger partial charge in [-0.25, -0.2) is 4.98 Å². The summed E-state index contributed by atoms with van der Waals surface area (Å²) in [5.74, 6) is 0.963. The van der Waals surface area contributed by atoms with Crippen molar-refractivity contribution in [3.63, 3.8) is 0 Å². The van der Waals surface area contributed by atoms with E-state index in [0.29, 0.717) is 23.3 Å². The molecule has 0 bridgehead atoms. The number of nitrogens with zero attached hydrogens (tertiary/aromatic N) is 3. The molecule has 1 amide bonds. The number of nitrogens with one attached hydrogen (secondary N) is 2. The molecule has 2 aliphatic rings. The summed E-state index contributed by atoms with van der Waals surface area (Å²) in [4.78, 5) is 34.3. The van der Waals surface area contributed by atoms with Crippen molar-refractivity contribution in [1.82, 2.24) is 20.2 Å². The van der Waals surface area contributed by atoms with Crippen LogP contribution in [0.15, 0.2) is 4.79 Å². The molecule has 3 aromatic heterocycles. The van der Waals surface area contributed by atoms with Crippen LogP contribution in [0, 0.1) is 0 Å². The van der Waals surface area contributed by atoms with Crippen LogP contribution in [0.1, 0.15) is 59.3 Å². The van der Waals surface area contributed by atoms with Gasteiger partial charge in [-0.2, -0.15) is 0 Å². The summed E-state index contributed by atoms with van der Waals surface area (Å²) in [6, 6.07) is 0. The summed E-state index contributed by atoms with van der Waals surface area (Å²) < 4.78 is 0. The van der Waals surface area contributed by atoms with Crippen LogP contribution >= 0.6 is 22.7 Å². The van der Waals surface area contributed by atoms with E-state index in [1.165, 1.54) is 28.2 Å². The molecule has 7 nitrogen and oxygen atoms in total. The Morgan fingerprint density at radius 3 is 2.89 bits per heavy atom. The van der Waals surface area contributed by atoms with Crippen molar-refractivity contribution >= 4 is 43.9 Å². The predicted molar refractivity (Wildman–Crippen MR) is 106 cm³/mol. The van der Waals surface area contributed by atoms with E-state index in [2.05, 4.69) is 25.5 Å². The first-order valence-electron chi connectivity index (χ1n) is 9.34. The SMILES string of the molecule is O=C(CCc1nc2sc3c(c2c(=O)[nH]1)CCCC3)Nc1nnc(C2CC2)s1. The van der Waals surface area contributed by atoms with Gasteiger partial charge in [0.25, 0.3) is 5.56 Å². The number of carbonyl (C=O) groups is 1. The molecule has 0 aromatic carbocycles. The van der Waals surface area contributed by atoms with Crippen molar-refractivity contribution in [1.29, 1.82) is 0 Å². The van der Waals surface area contributed by atoms with Crippen molar-refractivity contribution in [3.05, 3.63) is 31.6 Å². The molecule has 1 saturated carbocycles. The number of fused-ring (bicyclic) bond motifs is 3. The van der Waals surface area contributed by atoms with Crippen LogP contribution in [-0.4, -0.2) is 26.1 Å². The molecule has 0 saturated heterocycles. The largest absolute Gasteiger partial charge is 0.310 e. The molecule has 0 atom stereocenters. The number of aromatic amines is 1. The predicted octanol–water partition coefficient (Wildman–Crippen LogP) is 3.16. The zero-order valence-electron chi connectivity index (χ0n) is 14.7. The Balaban J connectivity index is 1.28. The van der Waals surface area contributed by atoms with Gasteiger partial charge in [-0.3, -0.25) is 9.59 Å². The van der Waals surface area contributed by atoms with Gasteiger partial charge in [0.05, 0.1) is 5.39 Å². The summed E-state index contributed by atoms with van der Waals surface area (Å²) in [5.41, 5.74) is 1.11. The summed E-state index contributed by atoms with van der Waals surface area (Å²) in [6.45, 7) is 0. The molecule has 0 unspecified atom stereocenters. The molecule has 1 fully saturated rings. The van der Waals surface area contributed by atoms with E-state index in [4.69, 9.17) is 0 Å². The second-order valence-corrected chi connectivity index (χ2v) is 9.26. The third kappa shape index (κ3) is 3.41. The van der Waals surface area contributed by atoms with Crippen molar-refractivity contribution in [3.8, 4) is 0 Å². The lowest BCUT2D eigenvalue weighted by molar-refractivity contribution is -0.116. The van der Waals surface area contributed by atoms with E-state index in [0.717, 1.165) is 47.3 Å². The second kappa shape index (κ2) is 6.79. The lowest BCUT2D eigenvalue weighted by Crippen LogP contribution is -2.16. The van der Waals surface area contributed by atoms with E-state index in [9.17, 15) is 9.59 Å². The van der Waals surface area contributed by atoms with Gasteiger partial charge in [-0.15, -0.1) is 21.5 Å². The van der Waals surface area contributed by atoms with Gasteiger partial charge in [0.2, 0.25) is 11.0 Å². The molecule has 140 valence electrons. The molecule has 0 spiro atoms. The van der Waals surface area contributed by atoms with Gasteiger partial charge < -0.3 is 10.3 Å². The minimum absolute atomic E-state index is 0.0759. The molecule has 5 rings (SSSR count). The molecule has 9 heteroatoms. The van der Waals surface area contributed by atoms with Crippen molar-refractivity contribution < 1.29 is 4.79 Å². The van der Waals surface area contributed by atoms with Gasteiger partial charge in [-0.1, -0.05) is 11.3 Å². The van der Waals surface area contributed by atoms with Crippen LogP contribution in [0.3, 0.4) is 0 Å². The standard InChI is InChI=1S/C18H19N5O2S2/c24-13(21-18-23-22-16(27-18)9-5-6-9)8-7-12-19-15(25)14-10-3-1-2-4-11(10)26-17(14)20-12/h9H,1-8H2,(H,19,20,25)(H,21,23,24). The Morgan fingerprint density at radius 1 is 1.19 bits per heavy atom. The highest BCUT2D eigenvalue weighted by molar-refractivity contribution is 7.18. The smallest absolute Gasteiger partial charge is 0.259 e. The van der Waals surface area contributed by atoms with Gasteiger partial charge in [0.1, 0.15) is 15.7 Å². The lowest BCUT2D eigenvalue weighted by Gasteiger charge is -2.09. The second-order valence-electron chi connectivity index (χ2n) is 7.17. The zero-order chi connectivity index (χ0) is 18.4. The van der Waals surface area contributed by atoms with E-state index in [1.807, 2.05) is 0 Å². The van der Waals surface area contributed by atoms with Crippen molar-refractivity contribution in [2.45, 2.75) is 57.3 Å². The van der Waals surface area contributed by atoms with Gasteiger partial charge in [0, 0.05) is 23.6 Å². The van der Waals surface area contributed by atoms with Crippen LogP contribution in [-0.2, 0) is 24.1 Å². The first kappa shape index (κ1) is 17.0. The fraction of sp³-hybridized carbons (Fsp3) is 0.500. The minimum atomic E-state index is -0.137. The molecule has 27 heavy (non-hydrogen) atoms. The number of carbonyl (C=O) groups excluding carboxylic acids is 1. The van der Waals surface area contributed by atoms with Crippen molar-refractivity contribution in [2.24, 2.45) is 0 Å². The highest BCUT2D eigenvalue weighted by atomic mass is 32.1. The van der Waals surface area contributed by atoms with E-state index < -0.39 is 0 Å². The monoisotopic (exact) mass is 401 g/mol. The van der Waals surface area contributed by atoms with E-state index >= 15 is 0 Å². The topological polar surface area (TPSA) is 101 Å². The average Bonchev–Trinajstić information content (AvgIpc) is 3.28. The molecular formula is C18H19N5O2S2. The van der Waals surface area contributed by atoms with Crippen LogP contribution in [0.4, 0.5) is 5.13 Å². The number of amides is 1. The van der Waals surface area contributed by atoms with Crippen molar-refractivity contribution in [2.75, 3.05) is 5.32 Å². The molecule has 3 aromatic rings. The third-order valence-corrected chi connectivity index (χ3v) is 7.26. The molecular weight excluding hydrogens is 382 g/mol. The van der Waals surface area contributed by atoms with Crippen LogP contribution < -0.4 is 10.9 Å². The number of aromatic nitrogens is 4. The maximum atomic E-state index is 12.5. The fourth-order valence-corrected chi connectivity index (χ4v) is 5.73. The summed E-state index contributed by atoms with van der Waals surface area (Å²) in [5, 5.41) is 13.3. The number of aryl methyl sites for hydroxylation is 3. The van der Waals surface area contributed by atoms with Crippen LogP contribution in [0.25, 0.3) is 10.2 Å². The Hall–Kier alpha value is -2.13. The minimum Gasteiger partial charge on any atom is -0.310 e. The Morgan fingerprint density at radius 2 is 2.04 bits per heavy atom. The van der Waals surface area contributed by atoms with Gasteiger partial charge in [-0.05, 0) is 44.1 Å². The lowest BCUT2D eigenvalue weighted by atomic mass is 9.97. The number of anilines is 1. The Labute approximate surface area is 163 Å². The summed E-state index contributed by atoms with van der Waals surface area (Å²) >= 11 is 3.08. The Kier molecular flexibility index (Phi) is 4.28. The van der Waals surface area contributed by atoms with E-state index in [-0.39, 0.29) is 17.9 Å². The number of H-pyrrole nitrogens is 1. The number of hydrogen-bond donors (Lipinski definition) is 2. The number of thiophene rings is 1. The third-order valence-electron chi connectivity index (χ3n) is 5.08. The average molecular weight is 402 g/mol. The Bertz CT molecular complexity index is 1080. The molecule has 2 N–H and O–H groups in total. The quantitative estimate of drug-likeness (QED) is 0.684. The van der Waals surface area contributed by atoms with E-state index in [1.54, 1.807) is 11.3 Å². The summed E-state index contributed by atoms with van der Waals surface area (Å²) in [6.07, 6.45) is 7.29. The molecule has 2 aliphatic carbocycles. The first-order valence-corrected chi connectivity index (χ1v) is 11.0. The normalized spacial score (nSPS) is 16.4. The molecule has 0 aliphatic heterocycles. The van der Waals surface area contributed by atoms with Crippen LogP contribution in [0.5, 0.6) is 0 Å². The summed E-state index contributed by atoms with van der Waals surface area (Å²) in [7, 11) is 0.